The lowest BCUT2D eigenvalue weighted by Gasteiger charge is -2.23. The van der Waals surface area contributed by atoms with Gasteiger partial charge in [-0.25, -0.2) is 0 Å². The summed E-state index contributed by atoms with van der Waals surface area (Å²) in [5, 5.41) is 3.04. The standard InChI is InChI=1S/C19H21NO3S/c1-12(11-24(4)22)20(3)19(21)17-13(2)15-10-9-14-7-5-6-8-16(14)18(15)23-17/h5-10,12H,11H2,1-4H3/t12-,24-/m1/s1. The van der Waals surface area contributed by atoms with Crippen LogP contribution in [0.15, 0.2) is 40.8 Å². The molecule has 0 bridgehead atoms. The first-order valence-corrected chi connectivity index (χ1v) is 9.61. The van der Waals surface area contributed by atoms with Crippen LogP contribution in [-0.2, 0) is 10.8 Å². The van der Waals surface area contributed by atoms with Gasteiger partial charge in [0.1, 0.15) is 5.58 Å². The van der Waals surface area contributed by atoms with Gasteiger partial charge in [0, 0.05) is 52.2 Å². The average molecular weight is 343 g/mol. The zero-order valence-electron chi connectivity index (χ0n) is 14.3. The largest absolute Gasteiger partial charge is 0.450 e. The molecule has 0 N–H and O–H groups in total. The van der Waals surface area contributed by atoms with Gasteiger partial charge in [0.25, 0.3) is 5.91 Å². The summed E-state index contributed by atoms with van der Waals surface area (Å²) in [4.78, 5) is 14.4. The number of furan rings is 1. The van der Waals surface area contributed by atoms with Crippen molar-refractivity contribution >= 4 is 38.4 Å². The number of benzene rings is 2. The van der Waals surface area contributed by atoms with Crippen LogP contribution in [0.1, 0.15) is 23.0 Å². The van der Waals surface area contributed by atoms with Gasteiger partial charge in [-0.1, -0.05) is 36.4 Å². The van der Waals surface area contributed by atoms with E-state index in [1.54, 1.807) is 18.2 Å². The first-order valence-electron chi connectivity index (χ1n) is 7.88. The second-order valence-corrected chi connectivity index (χ2v) is 7.70. The van der Waals surface area contributed by atoms with E-state index in [1.165, 1.54) is 0 Å². The number of fused-ring (bicyclic) bond motifs is 3. The van der Waals surface area contributed by atoms with E-state index in [1.807, 2.05) is 50.2 Å². The summed E-state index contributed by atoms with van der Waals surface area (Å²) >= 11 is 0. The van der Waals surface area contributed by atoms with Gasteiger partial charge < -0.3 is 9.32 Å². The minimum absolute atomic E-state index is 0.118. The molecule has 126 valence electrons. The summed E-state index contributed by atoms with van der Waals surface area (Å²) < 4.78 is 17.4. The Balaban J connectivity index is 2.06. The average Bonchev–Trinajstić information content (AvgIpc) is 2.90. The Bertz CT molecular complexity index is 944. The Hall–Kier alpha value is -2.14. The fourth-order valence-electron chi connectivity index (χ4n) is 2.97. The highest BCUT2D eigenvalue weighted by atomic mass is 32.2. The van der Waals surface area contributed by atoms with Crippen molar-refractivity contribution in [3.05, 3.63) is 47.7 Å². The molecule has 0 spiro atoms. The van der Waals surface area contributed by atoms with Gasteiger partial charge >= 0.3 is 0 Å². The Morgan fingerprint density at radius 1 is 1.21 bits per heavy atom. The van der Waals surface area contributed by atoms with Crippen LogP contribution in [0, 0.1) is 6.92 Å². The smallest absolute Gasteiger partial charge is 0.289 e. The van der Waals surface area contributed by atoms with E-state index < -0.39 is 10.8 Å². The number of hydrogen-bond donors (Lipinski definition) is 0. The monoisotopic (exact) mass is 343 g/mol. The molecule has 0 radical (unpaired) electrons. The van der Waals surface area contributed by atoms with E-state index in [-0.39, 0.29) is 11.9 Å². The maximum Gasteiger partial charge on any atom is 0.289 e. The normalized spacial score (nSPS) is 14.0. The number of amides is 1. The maximum atomic E-state index is 12.8. The van der Waals surface area contributed by atoms with Gasteiger partial charge in [-0.3, -0.25) is 9.00 Å². The third kappa shape index (κ3) is 2.84. The number of carbonyl (C=O) groups is 1. The van der Waals surface area contributed by atoms with Crippen LogP contribution < -0.4 is 0 Å². The molecule has 2 atom stereocenters. The van der Waals surface area contributed by atoms with Crippen molar-refractivity contribution < 1.29 is 13.4 Å². The summed E-state index contributed by atoms with van der Waals surface area (Å²) in [6.07, 6.45) is 1.65. The third-order valence-corrected chi connectivity index (χ3v) is 5.43. The molecular weight excluding hydrogens is 322 g/mol. The van der Waals surface area contributed by atoms with E-state index in [2.05, 4.69) is 0 Å². The van der Waals surface area contributed by atoms with E-state index in [0.29, 0.717) is 11.5 Å². The van der Waals surface area contributed by atoms with Gasteiger partial charge in [0.05, 0.1) is 0 Å². The Labute approximate surface area is 143 Å². The van der Waals surface area contributed by atoms with Crippen LogP contribution in [0.5, 0.6) is 0 Å². The molecule has 0 unspecified atom stereocenters. The number of nitrogens with zero attached hydrogens (tertiary/aromatic N) is 1. The fourth-order valence-corrected chi connectivity index (χ4v) is 3.87. The minimum Gasteiger partial charge on any atom is -0.450 e. The molecule has 2 aromatic carbocycles. The van der Waals surface area contributed by atoms with Crippen LogP contribution >= 0.6 is 0 Å². The van der Waals surface area contributed by atoms with Gasteiger partial charge in [-0.2, -0.15) is 0 Å². The van der Waals surface area contributed by atoms with Crippen LogP contribution in [-0.4, -0.2) is 40.1 Å². The molecular formula is C19H21NO3S. The molecule has 0 fully saturated rings. The molecule has 5 heteroatoms. The molecule has 0 aliphatic heterocycles. The highest BCUT2D eigenvalue weighted by Gasteiger charge is 2.25. The second kappa shape index (κ2) is 6.40. The third-order valence-electron chi connectivity index (χ3n) is 4.48. The van der Waals surface area contributed by atoms with Crippen molar-refractivity contribution in [2.45, 2.75) is 19.9 Å². The van der Waals surface area contributed by atoms with Crippen molar-refractivity contribution in [2.24, 2.45) is 0 Å². The number of aryl methyl sites for hydroxylation is 1. The topological polar surface area (TPSA) is 50.5 Å². The molecule has 0 aliphatic carbocycles. The molecule has 24 heavy (non-hydrogen) atoms. The lowest BCUT2D eigenvalue weighted by Crippen LogP contribution is -2.38. The van der Waals surface area contributed by atoms with Crippen LogP contribution in [0.2, 0.25) is 0 Å². The first kappa shape index (κ1) is 16.7. The van der Waals surface area contributed by atoms with E-state index in [9.17, 15) is 9.00 Å². The SMILES string of the molecule is Cc1c(C(=O)N(C)[C@H](C)C[S@@](C)=O)oc2c1ccc1ccccc12. The highest BCUT2D eigenvalue weighted by Crippen LogP contribution is 2.32. The summed E-state index contributed by atoms with van der Waals surface area (Å²) in [5.74, 6) is 0.632. The van der Waals surface area contributed by atoms with Gasteiger partial charge in [-0.15, -0.1) is 0 Å². The minimum atomic E-state index is -0.952. The van der Waals surface area contributed by atoms with Crippen molar-refractivity contribution in [1.82, 2.24) is 4.90 Å². The molecule has 3 aromatic rings. The van der Waals surface area contributed by atoms with E-state index in [4.69, 9.17) is 4.42 Å². The lowest BCUT2D eigenvalue weighted by molar-refractivity contribution is 0.0726. The Kier molecular flexibility index (Phi) is 4.45. The van der Waals surface area contributed by atoms with Crippen LogP contribution in [0.25, 0.3) is 21.7 Å². The molecule has 3 rings (SSSR count). The zero-order chi connectivity index (χ0) is 17.4. The summed E-state index contributed by atoms with van der Waals surface area (Å²) in [6, 6.07) is 11.9. The lowest BCUT2D eigenvalue weighted by atomic mass is 10.1. The predicted molar refractivity (Wildman–Crippen MR) is 98.9 cm³/mol. The van der Waals surface area contributed by atoms with Crippen LogP contribution in [0.4, 0.5) is 0 Å². The van der Waals surface area contributed by atoms with E-state index >= 15 is 0 Å². The molecule has 4 nitrogen and oxygen atoms in total. The quantitative estimate of drug-likeness (QED) is 0.725. The first-order chi connectivity index (χ1) is 11.4. The molecule has 1 aromatic heterocycles. The predicted octanol–water partition coefficient (Wildman–Crippen LogP) is 3.73. The van der Waals surface area contributed by atoms with Crippen molar-refractivity contribution in [2.75, 3.05) is 19.1 Å². The molecule has 1 amide bonds. The van der Waals surface area contributed by atoms with Crippen molar-refractivity contribution in [3.8, 4) is 0 Å². The number of rotatable bonds is 4. The van der Waals surface area contributed by atoms with Gasteiger partial charge in [0.2, 0.25) is 0 Å². The Morgan fingerprint density at radius 2 is 1.92 bits per heavy atom. The van der Waals surface area contributed by atoms with E-state index in [0.717, 1.165) is 27.3 Å². The molecule has 0 saturated carbocycles. The summed E-state index contributed by atoms with van der Waals surface area (Å²) in [6.45, 7) is 3.80. The van der Waals surface area contributed by atoms with Crippen molar-refractivity contribution in [1.29, 1.82) is 0 Å². The summed E-state index contributed by atoms with van der Waals surface area (Å²) in [5.41, 5.74) is 1.59. The zero-order valence-corrected chi connectivity index (χ0v) is 15.1. The van der Waals surface area contributed by atoms with Gasteiger partial charge in [0.15, 0.2) is 5.76 Å². The number of carbonyl (C=O) groups excluding carboxylic acids is 1. The van der Waals surface area contributed by atoms with Gasteiger partial charge in [-0.05, 0) is 19.2 Å². The molecule has 0 aliphatic rings. The van der Waals surface area contributed by atoms with Crippen molar-refractivity contribution in [3.63, 3.8) is 0 Å². The highest BCUT2D eigenvalue weighted by molar-refractivity contribution is 7.84. The second-order valence-electron chi connectivity index (χ2n) is 6.22. The fraction of sp³-hybridized carbons (Fsp3) is 0.316. The molecule has 1 heterocycles. The maximum absolute atomic E-state index is 12.8. The summed E-state index contributed by atoms with van der Waals surface area (Å²) in [7, 11) is 0.774. The number of hydrogen-bond acceptors (Lipinski definition) is 3. The molecule has 0 saturated heterocycles. The Morgan fingerprint density at radius 3 is 2.62 bits per heavy atom. The van der Waals surface area contributed by atoms with Crippen LogP contribution in [0.3, 0.4) is 0 Å².